The molecule has 1 heterocycles. The maximum Gasteiger partial charge on any atom is 0.389 e. The molecule has 0 unspecified atom stereocenters. The van der Waals surface area contributed by atoms with Crippen molar-refractivity contribution in [2.75, 3.05) is 45.1 Å². The zero-order valence-electron chi connectivity index (χ0n) is 10.6. The number of halogens is 3. The first-order valence-corrected chi connectivity index (χ1v) is 7.73. The molecule has 1 saturated heterocycles. The van der Waals surface area contributed by atoms with E-state index >= 15 is 0 Å². The van der Waals surface area contributed by atoms with Crippen LogP contribution in [0.2, 0.25) is 0 Å². The number of nitrogens with zero attached hydrogens (tertiary/aromatic N) is 2. The molecule has 1 rings (SSSR count). The molecule has 1 fully saturated rings. The second-order valence-electron chi connectivity index (χ2n) is 4.50. The summed E-state index contributed by atoms with van der Waals surface area (Å²) in [4.78, 5) is 1.92. The normalized spacial score (nSPS) is 19.8. The highest BCUT2D eigenvalue weighted by Crippen LogP contribution is 2.22. The summed E-state index contributed by atoms with van der Waals surface area (Å²) in [7, 11) is -3.60. The molecule has 0 aromatic heterocycles. The van der Waals surface area contributed by atoms with Crippen molar-refractivity contribution in [2.45, 2.75) is 19.0 Å². The van der Waals surface area contributed by atoms with Crippen LogP contribution in [0.1, 0.15) is 12.8 Å². The second kappa shape index (κ2) is 6.87. The molecule has 0 atom stereocenters. The summed E-state index contributed by atoms with van der Waals surface area (Å²) in [5.74, 6) is -0.466. The summed E-state index contributed by atoms with van der Waals surface area (Å²) in [5.41, 5.74) is 0. The quantitative estimate of drug-likeness (QED) is 0.765. The summed E-state index contributed by atoms with van der Waals surface area (Å²) in [6, 6.07) is 0. The third-order valence-corrected chi connectivity index (χ3v) is 4.96. The van der Waals surface area contributed by atoms with Crippen molar-refractivity contribution < 1.29 is 26.7 Å². The summed E-state index contributed by atoms with van der Waals surface area (Å²) < 4.78 is 60.8. The van der Waals surface area contributed by atoms with E-state index in [9.17, 15) is 21.6 Å². The molecular formula is C10H19F3N2O3S. The van der Waals surface area contributed by atoms with Gasteiger partial charge < -0.3 is 5.11 Å². The van der Waals surface area contributed by atoms with Crippen molar-refractivity contribution in [1.82, 2.24) is 9.21 Å². The van der Waals surface area contributed by atoms with E-state index in [-0.39, 0.29) is 19.7 Å². The largest absolute Gasteiger partial charge is 0.395 e. The molecule has 0 aromatic carbocycles. The molecular weight excluding hydrogens is 285 g/mol. The van der Waals surface area contributed by atoms with Crippen LogP contribution in [0.4, 0.5) is 13.2 Å². The average Bonchev–Trinajstić information content (AvgIpc) is 2.28. The summed E-state index contributed by atoms with van der Waals surface area (Å²) in [6.45, 7) is 2.04. The van der Waals surface area contributed by atoms with Crippen molar-refractivity contribution in [3.05, 3.63) is 0 Å². The fourth-order valence-electron chi connectivity index (χ4n) is 1.96. The summed E-state index contributed by atoms with van der Waals surface area (Å²) >= 11 is 0. The van der Waals surface area contributed by atoms with Gasteiger partial charge in [0.2, 0.25) is 10.0 Å². The Morgan fingerprint density at radius 2 is 1.68 bits per heavy atom. The van der Waals surface area contributed by atoms with E-state index in [1.165, 1.54) is 4.31 Å². The predicted octanol–water partition coefficient (Wildman–Crippen LogP) is 0.269. The lowest BCUT2D eigenvalue weighted by Gasteiger charge is -2.33. The molecule has 114 valence electrons. The molecule has 0 saturated carbocycles. The SMILES string of the molecule is O=S(=O)(CCCC(F)(F)F)N1CCN(CCO)CC1. The van der Waals surface area contributed by atoms with Gasteiger partial charge in [0.05, 0.1) is 12.4 Å². The fraction of sp³-hybridized carbons (Fsp3) is 1.00. The van der Waals surface area contributed by atoms with Crippen LogP contribution in [-0.2, 0) is 10.0 Å². The van der Waals surface area contributed by atoms with Crippen molar-refractivity contribution in [3.8, 4) is 0 Å². The van der Waals surface area contributed by atoms with E-state index in [1.807, 2.05) is 4.90 Å². The summed E-state index contributed by atoms with van der Waals surface area (Å²) in [6.07, 6.45) is -5.78. The number of piperazine rings is 1. The van der Waals surface area contributed by atoms with Crippen molar-refractivity contribution in [1.29, 1.82) is 0 Å². The first kappa shape index (κ1) is 16.7. The van der Waals surface area contributed by atoms with Crippen LogP contribution in [0.25, 0.3) is 0 Å². The average molecular weight is 304 g/mol. The van der Waals surface area contributed by atoms with Gasteiger partial charge in [-0.05, 0) is 6.42 Å². The minimum Gasteiger partial charge on any atom is -0.395 e. The van der Waals surface area contributed by atoms with Gasteiger partial charge >= 0.3 is 6.18 Å². The molecule has 0 aliphatic carbocycles. The second-order valence-corrected chi connectivity index (χ2v) is 6.59. The fourth-order valence-corrected chi connectivity index (χ4v) is 3.44. The molecule has 0 radical (unpaired) electrons. The molecule has 9 heteroatoms. The van der Waals surface area contributed by atoms with Crippen LogP contribution in [-0.4, -0.2) is 74.0 Å². The van der Waals surface area contributed by atoms with Crippen LogP contribution in [0.5, 0.6) is 0 Å². The smallest absolute Gasteiger partial charge is 0.389 e. The van der Waals surface area contributed by atoms with Gasteiger partial charge in [0.25, 0.3) is 0 Å². The van der Waals surface area contributed by atoms with Gasteiger partial charge in [0.1, 0.15) is 0 Å². The molecule has 19 heavy (non-hydrogen) atoms. The van der Waals surface area contributed by atoms with Gasteiger partial charge in [0.15, 0.2) is 0 Å². The molecule has 5 nitrogen and oxygen atoms in total. The molecule has 0 aromatic rings. The Morgan fingerprint density at radius 1 is 1.11 bits per heavy atom. The Morgan fingerprint density at radius 3 is 2.16 bits per heavy atom. The predicted molar refractivity (Wildman–Crippen MR) is 64.2 cm³/mol. The van der Waals surface area contributed by atoms with Crippen molar-refractivity contribution >= 4 is 10.0 Å². The lowest BCUT2D eigenvalue weighted by Crippen LogP contribution is -2.49. The first-order valence-electron chi connectivity index (χ1n) is 6.12. The van der Waals surface area contributed by atoms with E-state index in [1.54, 1.807) is 0 Å². The molecule has 0 amide bonds. The maximum atomic E-state index is 12.0. The standard InChI is InChI=1S/C10H19F3N2O3S/c11-10(12,13)2-1-9-19(17,18)15-5-3-14(4-6-15)7-8-16/h16H,1-9H2. The van der Waals surface area contributed by atoms with Gasteiger partial charge in [-0.15, -0.1) is 0 Å². The van der Waals surface area contributed by atoms with E-state index in [0.29, 0.717) is 19.6 Å². The van der Waals surface area contributed by atoms with Crippen LogP contribution in [0.3, 0.4) is 0 Å². The highest BCUT2D eigenvalue weighted by atomic mass is 32.2. The number of sulfonamides is 1. The Bertz CT molecular complexity index is 365. The number of β-amino-alcohol motifs (C(OH)–C–C–N with tert-alkyl or cyclic N) is 1. The minimum atomic E-state index is -4.31. The number of hydrogen-bond donors (Lipinski definition) is 1. The number of aliphatic hydroxyl groups excluding tert-OH is 1. The monoisotopic (exact) mass is 304 g/mol. The van der Waals surface area contributed by atoms with Crippen LogP contribution < -0.4 is 0 Å². The Kier molecular flexibility index (Phi) is 6.03. The minimum absolute atomic E-state index is 0.0122. The van der Waals surface area contributed by atoms with Gasteiger partial charge in [-0.1, -0.05) is 0 Å². The van der Waals surface area contributed by atoms with Crippen molar-refractivity contribution in [2.24, 2.45) is 0 Å². The lowest BCUT2D eigenvalue weighted by atomic mass is 10.3. The Hall–Kier alpha value is -0.380. The van der Waals surface area contributed by atoms with E-state index < -0.39 is 34.8 Å². The Balaban J connectivity index is 2.38. The third kappa shape index (κ3) is 6.07. The molecule has 1 aliphatic heterocycles. The third-order valence-electron chi connectivity index (χ3n) is 3.00. The highest BCUT2D eigenvalue weighted by Gasteiger charge is 2.30. The van der Waals surface area contributed by atoms with Crippen LogP contribution in [0.15, 0.2) is 0 Å². The van der Waals surface area contributed by atoms with Crippen molar-refractivity contribution in [3.63, 3.8) is 0 Å². The molecule has 1 N–H and O–H groups in total. The number of rotatable bonds is 6. The number of alkyl halides is 3. The summed E-state index contributed by atoms with van der Waals surface area (Å²) in [5, 5.41) is 8.76. The number of hydrogen-bond acceptors (Lipinski definition) is 4. The number of aliphatic hydroxyl groups is 1. The van der Waals surface area contributed by atoms with E-state index in [0.717, 1.165) is 0 Å². The van der Waals surface area contributed by atoms with Gasteiger partial charge in [-0.2, -0.15) is 17.5 Å². The van der Waals surface area contributed by atoms with Crippen LogP contribution >= 0.6 is 0 Å². The van der Waals surface area contributed by atoms with Gasteiger partial charge in [-0.3, -0.25) is 4.90 Å². The highest BCUT2D eigenvalue weighted by molar-refractivity contribution is 7.89. The van der Waals surface area contributed by atoms with Crippen LogP contribution in [0, 0.1) is 0 Å². The van der Waals surface area contributed by atoms with Gasteiger partial charge in [0, 0.05) is 39.1 Å². The molecule has 0 bridgehead atoms. The van der Waals surface area contributed by atoms with E-state index in [2.05, 4.69) is 0 Å². The zero-order chi connectivity index (χ0) is 14.5. The zero-order valence-corrected chi connectivity index (χ0v) is 11.4. The molecule has 0 spiro atoms. The maximum absolute atomic E-state index is 12.0. The van der Waals surface area contributed by atoms with Gasteiger partial charge in [-0.25, -0.2) is 8.42 Å². The van der Waals surface area contributed by atoms with E-state index in [4.69, 9.17) is 5.11 Å². The first-order chi connectivity index (χ1) is 8.74. The Labute approximate surface area is 111 Å². The lowest BCUT2D eigenvalue weighted by molar-refractivity contribution is -0.134. The molecule has 1 aliphatic rings. The topological polar surface area (TPSA) is 60.9 Å².